The molecule has 1 aliphatic heterocycles. The zero-order valence-corrected chi connectivity index (χ0v) is 15.4. The Morgan fingerprint density at radius 1 is 1.25 bits per heavy atom. The zero-order valence-electron chi connectivity index (χ0n) is 15.4. The summed E-state index contributed by atoms with van der Waals surface area (Å²) in [6.45, 7) is 2.21. The smallest absolute Gasteiger partial charge is 0.417 e. The number of rotatable bonds is 4. The van der Waals surface area contributed by atoms with Crippen LogP contribution in [0.15, 0.2) is 45.6 Å². The number of hydrogen-bond acceptors (Lipinski definition) is 5. The summed E-state index contributed by atoms with van der Waals surface area (Å²) in [6.07, 6.45) is 0.119. The number of aryl methyl sites for hydroxylation is 1. The molecule has 0 saturated carbocycles. The number of nitrogens with zero attached hydrogens (tertiary/aromatic N) is 1. The van der Waals surface area contributed by atoms with Gasteiger partial charge in [0.05, 0.1) is 24.2 Å². The summed E-state index contributed by atoms with van der Waals surface area (Å²) < 4.78 is 10.3. The van der Waals surface area contributed by atoms with Gasteiger partial charge in [-0.15, -0.1) is 0 Å². The highest BCUT2D eigenvalue weighted by Crippen LogP contribution is 2.34. The molecule has 3 aromatic rings. The number of hydrogen-bond donors (Lipinski definition) is 2. The van der Waals surface area contributed by atoms with Gasteiger partial charge < -0.3 is 19.4 Å². The first-order valence-corrected chi connectivity index (χ1v) is 8.83. The molecular weight excluding hydrogens is 362 g/mol. The third-order valence-corrected chi connectivity index (χ3v) is 4.81. The molecule has 1 aromatic heterocycles. The number of aromatic nitrogens is 1. The average molecular weight is 381 g/mol. The number of methoxy groups -OCH3 is 1. The number of aromatic amines is 1. The third-order valence-electron chi connectivity index (χ3n) is 4.81. The predicted octanol–water partition coefficient (Wildman–Crippen LogP) is 2.43. The van der Waals surface area contributed by atoms with Gasteiger partial charge in [0.15, 0.2) is 5.58 Å². The lowest BCUT2D eigenvalue weighted by atomic mass is 10.1. The fourth-order valence-corrected chi connectivity index (χ4v) is 3.40. The first-order chi connectivity index (χ1) is 13.4. The van der Waals surface area contributed by atoms with Crippen molar-refractivity contribution in [3.05, 3.63) is 52.5 Å². The summed E-state index contributed by atoms with van der Waals surface area (Å²) in [4.78, 5) is 40.6. The number of anilines is 2. The number of carbonyl (C=O) groups excluding carboxylic acids is 2. The number of amides is 2. The minimum atomic E-state index is -0.553. The molecule has 8 nitrogen and oxygen atoms in total. The van der Waals surface area contributed by atoms with Crippen LogP contribution in [0.4, 0.5) is 11.4 Å². The summed E-state index contributed by atoms with van der Waals surface area (Å²) >= 11 is 0. The van der Waals surface area contributed by atoms with Crippen LogP contribution in [0, 0.1) is 12.8 Å². The minimum Gasteiger partial charge on any atom is -0.495 e. The molecule has 8 heteroatoms. The summed E-state index contributed by atoms with van der Waals surface area (Å²) in [5, 5.41) is 2.81. The van der Waals surface area contributed by atoms with Crippen molar-refractivity contribution < 1.29 is 18.7 Å². The van der Waals surface area contributed by atoms with Gasteiger partial charge >= 0.3 is 5.76 Å². The third kappa shape index (κ3) is 3.24. The van der Waals surface area contributed by atoms with Gasteiger partial charge in [0.2, 0.25) is 11.8 Å². The van der Waals surface area contributed by atoms with Gasteiger partial charge in [-0.3, -0.25) is 14.6 Å². The van der Waals surface area contributed by atoms with E-state index >= 15 is 0 Å². The van der Waals surface area contributed by atoms with Gasteiger partial charge in [0, 0.05) is 18.7 Å². The molecule has 0 spiro atoms. The van der Waals surface area contributed by atoms with Crippen molar-refractivity contribution in [3.8, 4) is 5.75 Å². The first-order valence-electron chi connectivity index (χ1n) is 8.83. The van der Waals surface area contributed by atoms with Crippen LogP contribution < -0.4 is 20.7 Å². The molecule has 4 rings (SSSR count). The van der Waals surface area contributed by atoms with Crippen LogP contribution in [0.25, 0.3) is 11.1 Å². The van der Waals surface area contributed by atoms with Crippen LogP contribution in [0.3, 0.4) is 0 Å². The van der Waals surface area contributed by atoms with Gasteiger partial charge in [-0.1, -0.05) is 6.07 Å². The van der Waals surface area contributed by atoms with Gasteiger partial charge in [0.25, 0.3) is 0 Å². The Kier molecular flexibility index (Phi) is 4.38. The lowest BCUT2D eigenvalue weighted by Crippen LogP contribution is -2.28. The maximum Gasteiger partial charge on any atom is 0.417 e. The normalized spacial score (nSPS) is 16.6. The largest absolute Gasteiger partial charge is 0.495 e. The molecule has 0 aliphatic carbocycles. The van der Waals surface area contributed by atoms with Crippen LogP contribution in [-0.4, -0.2) is 30.5 Å². The van der Waals surface area contributed by atoms with E-state index in [0.717, 1.165) is 5.56 Å². The molecule has 1 atom stereocenters. The van der Waals surface area contributed by atoms with Crippen molar-refractivity contribution in [1.82, 2.24) is 4.98 Å². The molecule has 1 saturated heterocycles. The molecule has 0 radical (unpaired) electrons. The van der Waals surface area contributed by atoms with Gasteiger partial charge in [0.1, 0.15) is 5.75 Å². The summed E-state index contributed by atoms with van der Waals surface area (Å²) in [7, 11) is 1.55. The lowest BCUT2D eigenvalue weighted by Gasteiger charge is -2.20. The number of oxazole rings is 1. The van der Waals surface area contributed by atoms with Crippen LogP contribution in [0.5, 0.6) is 5.75 Å². The molecule has 144 valence electrons. The van der Waals surface area contributed by atoms with Crippen molar-refractivity contribution in [2.45, 2.75) is 13.3 Å². The number of ether oxygens (including phenoxy) is 1. The van der Waals surface area contributed by atoms with E-state index in [1.165, 1.54) is 0 Å². The summed E-state index contributed by atoms with van der Waals surface area (Å²) in [5.74, 6) is -0.833. The van der Waals surface area contributed by atoms with Crippen molar-refractivity contribution in [2.24, 2.45) is 5.92 Å². The van der Waals surface area contributed by atoms with E-state index in [4.69, 9.17) is 9.15 Å². The minimum absolute atomic E-state index is 0.119. The lowest BCUT2D eigenvalue weighted by molar-refractivity contribution is -0.122. The second-order valence-electron chi connectivity index (χ2n) is 6.80. The quantitative estimate of drug-likeness (QED) is 0.722. The Morgan fingerprint density at radius 2 is 2.07 bits per heavy atom. The Bertz CT molecular complexity index is 1130. The van der Waals surface area contributed by atoms with Crippen molar-refractivity contribution in [1.29, 1.82) is 0 Å². The molecule has 2 amide bonds. The van der Waals surface area contributed by atoms with E-state index in [9.17, 15) is 14.4 Å². The van der Waals surface area contributed by atoms with Crippen molar-refractivity contribution in [2.75, 3.05) is 23.9 Å². The molecular formula is C20H19N3O5. The van der Waals surface area contributed by atoms with Crippen LogP contribution >= 0.6 is 0 Å². The number of H-pyrrole nitrogens is 1. The van der Waals surface area contributed by atoms with E-state index in [0.29, 0.717) is 28.2 Å². The Balaban J connectivity index is 1.52. The summed E-state index contributed by atoms with van der Waals surface area (Å²) in [5.41, 5.74) is 3.10. The fourth-order valence-electron chi connectivity index (χ4n) is 3.40. The molecule has 28 heavy (non-hydrogen) atoms. The standard InChI is InChI=1S/C20H19N3O5/c1-11-3-5-17(27-2)15(7-11)23-10-12(8-18(23)24)19(25)21-13-4-6-16-14(9-13)22-20(26)28-16/h3-7,9,12H,8,10H2,1-2H3,(H,21,25)(H,22,26). The topological polar surface area (TPSA) is 105 Å². The molecule has 2 aromatic carbocycles. The molecule has 2 heterocycles. The van der Waals surface area contributed by atoms with E-state index in [-0.39, 0.29) is 24.8 Å². The fraction of sp³-hybridized carbons (Fsp3) is 0.250. The number of fused-ring (bicyclic) bond motifs is 1. The molecule has 0 bridgehead atoms. The van der Waals surface area contributed by atoms with Crippen LogP contribution in [0.2, 0.25) is 0 Å². The van der Waals surface area contributed by atoms with E-state index in [2.05, 4.69) is 10.3 Å². The molecule has 1 aliphatic rings. The predicted molar refractivity (Wildman–Crippen MR) is 104 cm³/mol. The monoisotopic (exact) mass is 381 g/mol. The van der Waals surface area contributed by atoms with Gasteiger partial charge in [-0.05, 0) is 42.8 Å². The van der Waals surface area contributed by atoms with Crippen molar-refractivity contribution >= 4 is 34.3 Å². The number of benzene rings is 2. The highest BCUT2D eigenvalue weighted by atomic mass is 16.5. The maximum absolute atomic E-state index is 12.7. The van der Waals surface area contributed by atoms with E-state index in [1.54, 1.807) is 30.2 Å². The van der Waals surface area contributed by atoms with Gasteiger partial charge in [-0.2, -0.15) is 0 Å². The Hall–Kier alpha value is -3.55. The number of nitrogens with one attached hydrogen (secondary N) is 2. The van der Waals surface area contributed by atoms with E-state index < -0.39 is 11.7 Å². The second kappa shape index (κ2) is 6.88. The Morgan fingerprint density at radius 3 is 2.86 bits per heavy atom. The van der Waals surface area contributed by atoms with Crippen LogP contribution in [-0.2, 0) is 9.59 Å². The highest BCUT2D eigenvalue weighted by Gasteiger charge is 2.36. The first kappa shape index (κ1) is 17.8. The molecule has 1 unspecified atom stereocenters. The van der Waals surface area contributed by atoms with Crippen molar-refractivity contribution in [3.63, 3.8) is 0 Å². The number of carbonyl (C=O) groups is 2. The summed E-state index contributed by atoms with van der Waals surface area (Å²) in [6, 6.07) is 10.5. The van der Waals surface area contributed by atoms with E-state index in [1.807, 2.05) is 25.1 Å². The van der Waals surface area contributed by atoms with Crippen LogP contribution in [0.1, 0.15) is 12.0 Å². The maximum atomic E-state index is 12.7. The molecule has 1 fully saturated rings. The second-order valence-corrected chi connectivity index (χ2v) is 6.80. The average Bonchev–Trinajstić information content (AvgIpc) is 3.23. The highest BCUT2D eigenvalue weighted by molar-refractivity contribution is 6.04. The molecule has 2 N–H and O–H groups in total. The zero-order chi connectivity index (χ0) is 19.8. The Labute approximate surface area is 160 Å². The SMILES string of the molecule is COc1ccc(C)cc1N1CC(C(=O)Nc2ccc3oc(=O)[nH]c3c2)CC1=O. The van der Waals surface area contributed by atoms with Gasteiger partial charge in [-0.25, -0.2) is 4.79 Å².